The maximum absolute atomic E-state index is 12.1. The number of aromatic nitrogens is 2. The number of hydrogen-bond acceptors (Lipinski definition) is 4. The Morgan fingerprint density at radius 3 is 2.95 bits per heavy atom. The van der Waals surface area contributed by atoms with E-state index in [1.165, 1.54) is 0 Å². The number of hydrogen-bond donors (Lipinski definition) is 2. The van der Waals surface area contributed by atoms with Gasteiger partial charge in [-0.05, 0) is 26.7 Å². The minimum Gasteiger partial charge on any atom is -0.364 e. The summed E-state index contributed by atoms with van der Waals surface area (Å²) < 4.78 is 7.34. The van der Waals surface area contributed by atoms with Gasteiger partial charge in [0.25, 0.3) is 0 Å². The third-order valence-corrected chi connectivity index (χ3v) is 3.54. The van der Waals surface area contributed by atoms with Crippen molar-refractivity contribution in [3.8, 4) is 0 Å². The topological polar surface area (TPSA) is 82.2 Å². The van der Waals surface area contributed by atoms with E-state index >= 15 is 0 Å². The van der Waals surface area contributed by atoms with Crippen LogP contribution in [0.15, 0.2) is 6.20 Å². The first-order valence-corrected chi connectivity index (χ1v) is 6.67. The highest BCUT2D eigenvalue weighted by Crippen LogP contribution is 2.21. The molecule has 19 heavy (non-hydrogen) atoms. The van der Waals surface area contributed by atoms with Gasteiger partial charge >= 0.3 is 0 Å². The molecule has 0 bridgehead atoms. The van der Waals surface area contributed by atoms with Gasteiger partial charge in [0.2, 0.25) is 5.91 Å². The number of nitrogens with two attached hydrogens (primary N) is 1. The van der Waals surface area contributed by atoms with Gasteiger partial charge in [0.1, 0.15) is 6.10 Å². The number of ether oxygens (including phenoxy) is 1. The zero-order valence-electron chi connectivity index (χ0n) is 11.7. The molecule has 1 fully saturated rings. The average Bonchev–Trinajstić information content (AvgIpc) is 2.95. The van der Waals surface area contributed by atoms with Gasteiger partial charge in [-0.15, -0.1) is 0 Å². The Balaban J connectivity index is 1.94. The van der Waals surface area contributed by atoms with Gasteiger partial charge in [-0.25, -0.2) is 0 Å². The van der Waals surface area contributed by atoms with Gasteiger partial charge in [-0.3, -0.25) is 9.48 Å². The molecule has 1 unspecified atom stereocenters. The van der Waals surface area contributed by atoms with Gasteiger partial charge in [0.05, 0.1) is 17.8 Å². The average molecular weight is 266 g/mol. The van der Waals surface area contributed by atoms with E-state index in [0.29, 0.717) is 6.54 Å². The number of carbonyl (C=O) groups excluding carboxylic acids is 1. The normalized spacial score (nSPS) is 24.4. The van der Waals surface area contributed by atoms with E-state index in [-0.39, 0.29) is 24.2 Å². The number of amides is 1. The van der Waals surface area contributed by atoms with Crippen LogP contribution in [-0.2, 0) is 16.6 Å². The van der Waals surface area contributed by atoms with Gasteiger partial charge in [0.15, 0.2) is 0 Å². The van der Waals surface area contributed by atoms with Crippen molar-refractivity contribution in [3.63, 3.8) is 0 Å². The minimum atomic E-state index is -0.368. The Bertz CT molecular complexity index is 457. The van der Waals surface area contributed by atoms with Crippen molar-refractivity contribution in [1.82, 2.24) is 15.1 Å². The van der Waals surface area contributed by atoms with E-state index < -0.39 is 0 Å². The Kier molecular flexibility index (Phi) is 4.21. The maximum Gasteiger partial charge on any atom is 0.249 e. The van der Waals surface area contributed by atoms with Gasteiger partial charge < -0.3 is 15.8 Å². The zero-order chi connectivity index (χ0) is 14.0. The Morgan fingerprint density at radius 2 is 2.42 bits per heavy atom. The molecule has 3 atom stereocenters. The highest BCUT2D eigenvalue weighted by Gasteiger charge is 2.30. The highest BCUT2D eigenvalue weighted by atomic mass is 16.5. The number of nitrogens with zero attached hydrogens (tertiary/aromatic N) is 2. The van der Waals surface area contributed by atoms with Crippen molar-refractivity contribution in [1.29, 1.82) is 0 Å². The predicted molar refractivity (Wildman–Crippen MR) is 71.5 cm³/mol. The second-order valence-electron chi connectivity index (χ2n) is 5.13. The van der Waals surface area contributed by atoms with Crippen LogP contribution in [0.4, 0.5) is 0 Å². The molecule has 1 aliphatic rings. The van der Waals surface area contributed by atoms with Crippen molar-refractivity contribution in [2.24, 2.45) is 12.8 Å². The summed E-state index contributed by atoms with van der Waals surface area (Å²) in [6.07, 6.45) is 3.18. The summed E-state index contributed by atoms with van der Waals surface area (Å²) in [7, 11) is 1.87. The number of aryl methyl sites for hydroxylation is 2. The molecule has 6 nitrogen and oxygen atoms in total. The van der Waals surface area contributed by atoms with Crippen LogP contribution in [0.1, 0.15) is 37.1 Å². The Hall–Kier alpha value is -1.40. The van der Waals surface area contributed by atoms with Gasteiger partial charge in [-0.1, -0.05) is 0 Å². The smallest absolute Gasteiger partial charge is 0.249 e. The lowest BCUT2D eigenvalue weighted by atomic mass is 10.1. The quantitative estimate of drug-likeness (QED) is 0.827. The molecule has 1 aromatic rings. The summed E-state index contributed by atoms with van der Waals surface area (Å²) in [4.78, 5) is 12.1. The summed E-state index contributed by atoms with van der Waals surface area (Å²) in [5.41, 5.74) is 7.51. The monoisotopic (exact) mass is 266 g/mol. The fraction of sp³-hybridized carbons (Fsp3) is 0.692. The molecule has 106 valence electrons. The molecule has 3 N–H and O–H groups in total. The molecule has 0 radical (unpaired) electrons. The van der Waals surface area contributed by atoms with Gasteiger partial charge in [0, 0.05) is 25.4 Å². The molecule has 1 amide bonds. The summed E-state index contributed by atoms with van der Waals surface area (Å²) in [5.74, 6) is -0.0632. The molecule has 2 heterocycles. The van der Waals surface area contributed by atoms with E-state index in [0.717, 1.165) is 24.1 Å². The van der Waals surface area contributed by atoms with E-state index in [1.807, 2.05) is 27.1 Å². The molecule has 0 aromatic carbocycles. The molecule has 0 saturated carbocycles. The van der Waals surface area contributed by atoms with Crippen molar-refractivity contribution in [2.75, 3.05) is 6.54 Å². The molecule has 0 spiro atoms. The van der Waals surface area contributed by atoms with Crippen molar-refractivity contribution in [2.45, 2.75) is 44.9 Å². The highest BCUT2D eigenvalue weighted by molar-refractivity contribution is 5.81. The summed E-state index contributed by atoms with van der Waals surface area (Å²) >= 11 is 0. The lowest BCUT2D eigenvalue weighted by molar-refractivity contribution is -0.132. The second-order valence-corrected chi connectivity index (χ2v) is 5.13. The first-order valence-electron chi connectivity index (χ1n) is 6.67. The zero-order valence-corrected chi connectivity index (χ0v) is 11.7. The largest absolute Gasteiger partial charge is 0.364 e. The van der Waals surface area contributed by atoms with Crippen molar-refractivity contribution in [3.05, 3.63) is 17.5 Å². The predicted octanol–water partition coefficient (Wildman–Crippen LogP) is 0.412. The van der Waals surface area contributed by atoms with Crippen LogP contribution in [0.5, 0.6) is 0 Å². The van der Waals surface area contributed by atoms with Crippen LogP contribution < -0.4 is 11.1 Å². The van der Waals surface area contributed by atoms with Crippen LogP contribution >= 0.6 is 0 Å². The molecule has 1 aromatic heterocycles. The lowest BCUT2D eigenvalue weighted by Gasteiger charge is -2.17. The fourth-order valence-electron chi connectivity index (χ4n) is 2.50. The summed E-state index contributed by atoms with van der Waals surface area (Å²) in [6.45, 7) is 4.37. The third kappa shape index (κ3) is 3.13. The molecule has 0 aliphatic carbocycles. The molecular weight excluding hydrogens is 244 g/mol. The number of nitrogens with one attached hydrogen (secondary N) is 1. The SMILES string of the molecule is Cc1nn(C)cc1C(C)NC(=O)[C@@H]1CC[C@H](CN)O1. The van der Waals surface area contributed by atoms with Crippen LogP contribution in [0.2, 0.25) is 0 Å². The van der Waals surface area contributed by atoms with E-state index in [4.69, 9.17) is 10.5 Å². The minimum absolute atomic E-state index is 0.0196. The van der Waals surface area contributed by atoms with Crippen molar-refractivity contribution >= 4 is 5.91 Å². The molecule has 2 rings (SSSR count). The molecule has 1 aliphatic heterocycles. The van der Waals surface area contributed by atoms with Gasteiger partial charge in [-0.2, -0.15) is 5.10 Å². The molecule has 1 saturated heterocycles. The number of carbonyl (C=O) groups is 1. The Morgan fingerprint density at radius 1 is 1.68 bits per heavy atom. The Labute approximate surface area is 113 Å². The summed E-state index contributed by atoms with van der Waals surface area (Å²) in [6, 6.07) is -0.0678. The second kappa shape index (κ2) is 5.71. The van der Waals surface area contributed by atoms with E-state index in [1.54, 1.807) is 4.68 Å². The fourth-order valence-corrected chi connectivity index (χ4v) is 2.50. The summed E-state index contributed by atoms with van der Waals surface area (Å²) in [5, 5.41) is 7.26. The standard InChI is InChI=1S/C13H22N4O2/c1-8(11-7-17(3)16-9(11)2)15-13(18)12-5-4-10(6-14)19-12/h7-8,10,12H,4-6,14H2,1-3H3,(H,15,18)/t8?,10-,12+/m1/s1. The lowest BCUT2D eigenvalue weighted by Crippen LogP contribution is -2.37. The first-order chi connectivity index (χ1) is 9.01. The van der Waals surface area contributed by atoms with Crippen LogP contribution in [0.3, 0.4) is 0 Å². The first kappa shape index (κ1) is 14.0. The van der Waals surface area contributed by atoms with Crippen LogP contribution in [-0.4, -0.2) is 34.4 Å². The molecule has 6 heteroatoms. The van der Waals surface area contributed by atoms with Crippen LogP contribution in [0.25, 0.3) is 0 Å². The van der Waals surface area contributed by atoms with Crippen molar-refractivity contribution < 1.29 is 9.53 Å². The van der Waals surface area contributed by atoms with E-state index in [2.05, 4.69) is 10.4 Å². The van der Waals surface area contributed by atoms with Crippen LogP contribution in [0, 0.1) is 6.92 Å². The number of rotatable bonds is 4. The third-order valence-electron chi connectivity index (χ3n) is 3.54. The molecular formula is C13H22N4O2. The van der Waals surface area contributed by atoms with E-state index in [9.17, 15) is 4.79 Å². The maximum atomic E-state index is 12.1.